The quantitative estimate of drug-likeness (QED) is 0.802. The van der Waals surface area contributed by atoms with Gasteiger partial charge >= 0.3 is 0 Å². The fourth-order valence-electron chi connectivity index (χ4n) is 2.19. The molecule has 2 heterocycles. The fourth-order valence-corrected chi connectivity index (χ4v) is 2.19. The molecule has 1 aliphatic heterocycles. The summed E-state index contributed by atoms with van der Waals surface area (Å²) in [6.45, 7) is 2.84. The van der Waals surface area contributed by atoms with Gasteiger partial charge < -0.3 is 10.6 Å². The first-order valence-corrected chi connectivity index (χ1v) is 5.81. The predicted molar refractivity (Wildman–Crippen MR) is 62.8 cm³/mol. The van der Waals surface area contributed by atoms with Crippen molar-refractivity contribution >= 4 is 5.69 Å². The number of aromatic nitrogens is 1. The van der Waals surface area contributed by atoms with Crippen molar-refractivity contribution in [3.8, 4) is 0 Å². The first kappa shape index (κ1) is 10.4. The molecule has 0 aromatic carbocycles. The lowest BCUT2D eigenvalue weighted by atomic mass is 10.2. The maximum atomic E-state index is 5.71. The highest BCUT2D eigenvalue weighted by Crippen LogP contribution is 2.21. The molecular formula is C12H19N3. The van der Waals surface area contributed by atoms with Crippen molar-refractivity contribution in [3.63, 3.8) is 0 Å². The van der Waals surface area contributed by atoms with Gasteiger partial charge in [0, 0.05) is 25.8 Å². The average molecular weight is 205 g/mol. The Labute approximate surface area is 91.3 Å². The molecule has 1 aliphatic rings. The second kappa shape index (κ2) is 5.12. The standard InChI is InChI=1S/C12H19N3/c13-10-11-12(6-5-7-14-11)15-8-3-1-2-4-9-15/h5-7H,1-4,8-10,13H2. The van der Waals surface area contributed by atoms with Gasteiger partial charge in [-0.25, -0.2) is 0 Å². The van der Waals surface area contributed by atoms with Crippen LogP contribution in [0, 0.1) is 0 Å². The number of hydrogen-bond donors (Lipinski definition) is 1. The van der Waals surface area contributed by atoms with Gasteiger partial charge in [0.2, 0.25) is 0 Å². The molecule has 1 aromatic rings. The molecule has 2 rings (SSSR count). The van der Waals surface area contributed by atoms with E-state index < -0.39 is 0 Å². The van der Waals surface area contributed by atoms with Crippen molar-refractivity contribution in [2.45, 2.75) is 32.2 Å². The number of nitrogens with zero attached hydrogens (tertiary/aromatic N) is 2. The van der Waals surface area contributed by atoms with Gasteiger partial charge in [-0.15, -0.1) is 0 Å². The number of anilines is 1. The van der Waals surface area contributed by atoms with E-state index in [9.17, 15) is 0 Å². The summed E-state index contributed by atoms with van der Waals surface area (Å²) in [7, 11) is 0. The van der Waals surface area contributed by atoms with E-state index in [-0.39, 0.29) is 0 Å². The van der Waals surface area contributed by atoms with Crippen molar-refractivity contribution in [2.24, 2.45) is 5.73 Å². The van der Waals surface area contributed by atoms with Crippen molar-refractivity contribution in [2.75, 3.05) is 18.0 Å². The van der Waals surface area contributed by atoms with E-state index in [0.717, 1.165) is 18.8 Å². The van der Waals surface area contributed by atoms with Crippen LogP contribution in [0.1, 0.15) is 31.4 Å². The number of pyridine rings is 1. The molecule has 1 fully saturated rings. The van der Waals surface area contributed by atoms with Gasteiger partial charge in [0.1, 0.15) is 0 Å². The van der Waals surface area contributed by atoms with Crippen molar-refractivity contribution < 1.29 is 0 Å². The molecule has 0 spiro atoms. The Morgan fingerprint density at radius 3 is 2.60 bits per heavy atom. The smallest absolute Gasteiger partial charge is 0.0772 e. The monoisotopic (exact) mass is 205 g/mol. The van der Waals surface area contributed by atoms with Crippen LogP contribution in [0.4, 0.5) is 5.69 Å². The van der Waals surface area contributed by atoms with Crippen LogP contribution in [0.25, 0.3) is 0 Å². The van der Waals surface area contributed by atoms with Crippen LogP contribution >= 0.6 is 0 Å². The van der Waals surface area contributed by atoms with Gasteiger partial charge in [0.25, 0.3) is 0 Å². The third-order valence-electron chi connectivity index (χ3n) is 3.01. The van der Waals surface area contributed by atoms with Crippen LogP contribution < -0.4 is 10.6 Å². The number of rotatable bonds is 2. The zero-order chi connectivity index (χ0) is 10.5. The SMILES string of the molecule is NCc1ncccc1N1CCCCCC1. The largest absolute Gasteiger partial charge is 0.370 e. The molecular weight excluding hydrogens is 186 g/mol. The first-order chi connectivity index (χ1) is 7.42. The van der Waals surface area contributed by atoms with Crippen molar-refractivity contribution in [1.29, 1.82) is 0 Å². The molecule has 0 bridgehead atoms. The van der Waals surface area contributed by atoms with Crippen LogP contribution in [0.2, 0.25) is 0 Å². The van der Waals surface area contributed by atoms with E-state index in [4.69, 9.17) is 5.73 Å². The molecule has 15 heavy (non-hydrogen) atoms. The third kappa shape index (κ3) is 2.48. The van der Waals surface area contributed by atoms with Gasteiger partial charge in [0.05, 0.1) is 11.4 Å². The Balaban J connectivity index is 2.18. The molecule has 3 nitrogen and oxygen atoms in total. The number of nitrogens with two attached hydrogens (primary N) is 1. The first-order valence-electron chi connectivity index (χ1n) is 5.81. The Hall–Kier alpha value is -1.09. The summed E-state index contributed by atoms with van der Waals surface area (Å²) in [6, 6.07) is 4.14. The summed E-state index contributed by atoms with van der Waals surface area (Å²) in [5.41, 5.74) is 7.97. The van der Waals surface area contributed by atoms with Gasteiger partial charge in [0.15, 0.2) is 0 Å². The fraction of sp³-hybridized carbons (Fsp3) is 0.583. The maximum absolute atomic E-state index is 5.71. The second-order valence-corrected chi connectivity index (χ2v) is 4.07. The van der Waals surface area contributed by atoms with Crippen molar-refractivity contribution in [1.82, 2.24) is 4.98 Å². The van der Waals surface area contributed by atoms with Crippen LogP contribution in [0.15, 0.2) is 18.3 Å². The van der Waals surface area contributed by atoms with E-state index in [1.165, 1.54) is 31.4 Å². The van der Waals surface area contributed by atoms with E-state index in [1.54, 1.807) is 0 Å². The van der Waals surface area contributed by atoms with Gasteiger partial charge in [-0.3, -0.25) is 4.98 Å². The van der Waals surface area contributed by atoms with Crippen LogP contribution in [-0.4, -0.2) is 18.1 Å². The topological polar surface area (TPSA) is 42.1 Å². The Bertz CT molecular complexity index is 303. The van der Waals surface area contributed by atoms with Crippen molar-refractivity contribution in [3.05, 3.63) is 24.0 Å². The van der Waals surface area contributed by atoms with E-state index in [2.05, 4.69) is 16.0 Å². The van der Waals surface area contributed by atoms with E-state index >= 15 is 0 Å². The molecule has 1 saturated heterocycles. The Kier molecular flexibility index (Phi) is 3.56. The normalized spacial score (nSPS) is 17.5. The molecule has 0 saturated carbocycles. The minimum atomic E-state index is 0.534. The molecule has 3 heteroatoms. The van der Waals surface area contributed by atoms with Crippen LogP contribution in [0.5, 0.6) is 0 Å². The molecule has 0 aliphatic carbocycles. The van der Waals surface area contributed by atoms with Crippen LogP contribution in [-0.2, 0) is 6.54 Å². The van der Waals surface area contributed by atoms with Gasteiger partial charge in [-0.05, 0) is 25.0 Å². The average Bonchev–Trinajstić information content (AvgIpc) is 2.57. The molecule has 2 N–H and O–H groups in total. The lowest BCUT2D eigenvalue weighted by Crippen LogP contribution is -2.25. The summed E-state index contributed by atoms with van der Waals surface area (Å²) < 4.78 is 0. The van der Waals surface area contributed by atoms with Gasteiger partial charge in [-0.1, -0.05) is 12.8 Å². The molecule has 82 valence electrons. The second-order valence-electron chi connectivity index (χ2n) is 4.07. The summed E-state index contributed by atoms with van der Waals surface area (Å²) in [6.07, 6.45) is 7.12. The molecule has 1 aromatic heterocycles. The molecule has 0 amide bonds. The highest BCUT2D eigenvalue weighted by Gasteiger charge is 2.12. The minimum absolute atomic E-state index is 0.534. The highest BCUT2D eigenvalue weighted by atomic mass is 15.1. The molecule has 0 radical (unpaired) electrons. The Morgan fingerprint density at radius 2 is 1.93 bits per heavy atom. The Morgan fingerprint density at radius 1 is 1.20 bits per heavy atom. The predicted octanol–water partition coefficient (Wildman–Crippen LogP) is 1.92. The molecule has 0 atom stereocenters. The zero-order valence-corrected chi connectivity index (χ0v) is 9.15. The van der Waals surface area contributed by atoms with E-state index in [1.807, 2.05) is 12.3 Å². The maximum Gasteiger partial charge on any atom is 0.0772 e. The third-order valence-corrected chi connectivity index (χ3v) is 3.01. The minimum Gasteiger partial charge on any atom is -0.370 e. The van der Waals surface area contributed by atoms with Crippen LogP contribution in [0.3, 0.4) is 0 Å². The summed E-state index contributed by atoms with van der Waals surface area (Å²) in [5, 5.41) is 0. The molecule has 0 unspecified atom stereocenters. The number of hydrogen-bond acceptors (Lipinski definition) is 3. The summed E-state index contributed by atoms with van der Waals surface area (Å²) in [4.78, 5) is 6.77. The lowest BCUT2D eigenvalue weighted by molar-refractivity contribution is 0.726. The zero-order valence-electron chi connectivity index (χ0n) is 9.15. The summed E-state index contributed by atoms with van der Waals surface area (Å²) >= 11 is 0. The summed E-state index contributed by atoms with van der Waals surface area (Å²) in [5.74, 6) is 0. The lowest BCUT2D eigenvalue weighted by Gasteiger charge is -2.24. The highest BCUT2D eigenvalue weighted by molar-refractivity contribution is 5.50. The van der Waals surface area contributed by atoms with Gasteiger partial charge in [-0.2, -0.15) is 0 Å². The van der Waals surface area contributed by atoms with E-state index in [0.29, 0.717) is 6.54 Å².